The number of rotatable bonds is 3. The zero-order valence-corrected chi connectivity index (χ0v) is 17.1. The Labute approximate surface area is 174 Å². The zero-order valence-electron chi connectivity index (χ0n) is 17.1. The lowest BCUT2D eigenvalue weighted by atomic mass is 9.83. The van der Waals surface area contributed by atoms with Crippen LogP contribution in [0.3, 0.4) is 0 Å². The summed E-state index contributed by atoms with van der Waals surface area (Å²) in [5, 5.41) is 0.707. The lowest BCUT2D eigenvalue weighted by Gasteiger charge is -2.38. The number of benzene rings is 2. The van der Waals surface area contributed by atoms with Crippen LogP contribution in [-0.2, 0) is 10.2 Å². The van der Waals surface area contributed by atoms with Gasteiger partial charge in [-0.05, 0) is 31.5 Å². The molecule has 6 heteroatoms. The number of carbonyl (C=O) groups is 2. The minimum absolute atomic E-state index is 0.0260. The first-order chi connectivity index (χ1) is 14.4. The van der Waals surface area contributed by atoms with Gasteiger partial charge in [0.1, 0.15) is 11.1 Å². The molecule has 1 aliphatic heterocycles. The first kappa shape index (κ1) is 19.9. The molecule has 0 unspecified atom stereocenters. The monoisotopic (exact) mass is 404 g/mol. The molecule has 6 nitrogen and oxygen atoms in total. The number of para-hydroxylation sites is 1. The topological polar surface area (TPSA) is 70.8 Å². The molecule has 154 valence electrons. The molecular weight excluding hydrogens is 380 g/mol. The number of hydrogen-bond acceptors (Lipinski definition) is 4. The van der Waals surface area contributed by atoms with Crippen molar-refractivity contribution in [2.75, 3.05) is 26.2 Å². The Morgan fingerprint density at radius 2 is 1.47 bits per heavy atom. The second-order valence-electron chi connectivity index (χ2n) is 8.06. The standard InChI is InChI=1S/C24H24N2O4/c1-24(2,18-9-4-3-5-10-18)23(29)26-14-12-25(13-15-26)21(27)19-16-17-8-6-7-11-20(17)30-22(19)28/h3-11,16H,12-15H2,1-2H3. The quantitative estimate of drug-likeness (QED) is 0.629. The molecule has 0 saturated carbocycles. The smallest absolute Gasteiger partial charge is 0.349 e. The Kier molecular flexibility index (Phi) is 5.16. The van der Waals surface area contributed by atoms with Crippen molar-refractivity contribution in [3.63, 3.8) is 0 Å². The maximum atomic E-state index is 13.1. The Hall–Kier alpha value is -3.41. The predicted octanol–water partition coefficient (Wildman–Crippen LogP) is 3.06. The van der Waals surface area contributed by atoms with Gasteiger partial charge >= 0.3 is 5.63 Å². The van der Waals surface area contributed by atoms with E-state index < -0.39 is 11.0 Å². The summed E-state index contributed by atoms with van der Waals surface area (Å²) in [5.74, 6) is -0.324. The number of carbonyl (C=O) groups excluding carboxylic acids is 2. The summed E-state index contributed by atoms with van der Waals surface area (Å²) in [4.78, 5) is 41.7. The molecule has 30 heavy (non-hydrogen) atoms. The Balaban J connectivity index is 1.47. The average molecular weight is 404 g/mol. The highest BCUT2D eigenvalue weighted by molar-refractivity contribution is 5.97. The van der Waals surface area contributed by atoms with Crippen LogP contribution in [0.4, 0.5) is 0 Å². The molecule has 0 radical (unpaired) electrons. The Bertz CT molecular complexity index is 1140. The van der Waals surface area contributed by atoms with Crippen LogP contribution in [0.5, 0.6) is 0 Å². The molecule has 1 fully saturated rings. The molecule has 1 aliphatic rings. The summed E-state index contributed by atoms with van der Waals surface area (Å²) in [6.45, 7) is 5.45. The number of piperazine rings is 1. The van der Waals surface area contributed by atoms with Crippen LogP contribution >= 0.6 is 0 Å². The third-order valence-corrected chi connectivity index (χ3v) is 5.76. The van der Waals surface area contributed by atoms with E-state index in [1.165, 1.54) is 0 Å². The Morgan fingerprint density at radius 1 is 0.867 bits per heavy atom. The zero-order chi connectivity index (χ0) is 21.3. The van der Waals surface area contributed by atoms with Gasteiger partial charge in [-0.15, -0.1) is 0 Å². The van der Waals surface area contributed by atoms with E-state index in [9.17, 15) is 14.4 Å². The third-order valence-electron chi connectivity index (χ3n) is 5.76. The highest BCUT2D eigenvalue weighted by Crippen LogP contribution is 2.26. The van der Waals surface area contributed by atoms with E-state index in [-0.39, 0.29) is 17.4 Å². The van der Waals surface area contributed by atoms with Gasteiger partial charge in [0, 0.05) is 31.6 Å². The van der Waals surface area contributed by atoms with Gasteiger partial charge in [0.05, 0.1) is 5.41 Å². The van der Waals surface area contributed by atoms with Crippen molar-refractivity contribution in [3.05, 3.63) is 82.2 Å². The van der Waals surface area contributed by atoms with Crippen LogP contribution in [0, 0.1) is 0 Å². The van der Waals surface area contributed by atoms with Gasteiger partial charge in [-0.25, -0.2) is 4.79 Å². The molecule has 4 rings (SSSR count). The number of hydrogen-bond donors (Lipinski definition) is 0. The van der Waals surface area contributed by atoms with E-state index in [1.807, 2.05) is 50.2 Å². The van der Waals surface area contributed by atoms with E-state index in [0.717, 1.165) is 5.56 Å². The molecule has 0 aliphatic carbocycles. The van der Waals surface area contributed by atoms with Crippen LogP contribution < -0.4 is 5.63 Å². The normalized spacial score (nSPS) is 14.7. The van der Waals surface area contributed by atoms with Crippen LogP contribution in [-0.4, -0.2) is 47.8 Å². The lowest BCUT2D eigenvalue weighted by Crippen LogP contribution is -2.54. The van der Waals surface area contributed by atoms with Crippen LogP contribution in [0.1, 0.15) is 29.8 Å². The van der Waals surface area contributed by atoms with Crippen molar-refractivity contribution >= 4 is 22.8 Å². The summed E-state index contributed by atoms with van der Waals surface area (Å²) < 4.78 is 5.29. The maximum absolute atomic E-state index is 13.1. The van der Waals surface area contributed by atoms with Gasteiger partial charge in [-0.1, -0.05) is 48.5 Å². The van der Waals surface area contributed by atoms with Gasteiger partial charge in [0.25, 0.3) is 5.91 Å². The number of nitrogens with zero attached hydrogens (tertiary/aromatic N) is 2. The van der Waals surface area contributed by atoms with Crippen molar-refractivity contribution in [1.29, 1.82) is 0 Å². The van der Waals surface area contributed by atoms with Gasteiger partial charge < -0.3 is 14.2 Å². The minimum atomic E-state index is -0.646. The molecule has 0 bridgehead atoms. The summed E-state index contributed by atoms with van der Waals surface area (Å²) in [6.07, 6.45) is 0. The molecule has 0 spiro atoms. The molecule has 0 N–H and O–H groups in total. The maximum Gasteiger partial charge on any atom is 0.349 e. The van der Waals surface area contributed by atoms with E-state index in [2.05, 4.69) is 0 Å². The molecule has 2 aromatic carbocycles. The minimum Gasteiger partial charge on any atom is -0.422 e. The third kappa shape index (κ3) is 3.61. The molecule has 0 atom stereocenters. The molecule has 1 saturated heterocycles. The fraction of sp³-hybridized carbons (Fsp3) is 0.292. The number of amides is 2. The first-order valence-corrected chi connectivity index (χ1v) is 10.0. The van der Waals surface area contributed by atoms with Crippen molar-refractivity contribution in [2.24, 2.45) is 0 Å². The van der Waals surface area contributed by atoms with Gasteiger partial charge in [-0.3, -0.25) is 9.59 Å². The van der Waals surface area contributed by atoms with Gasteiger partial charge in [0.15, 0.2) is 0 Å². The number of fused-ring (bicyclic) bond motifs is 1. The fourth-order valence-electron chi connectivity index (χ4n) is 3.87. The van der Waals surface area contributed by atoms with Gasteiger partial charge in [-0.2, -0.15) is 0 Å². The Morgan fingerprint density at radius 3 is 2.17 bits per heavy atom. The summed E-state index contributed by atoms with van der Waals surface area (Å²) in [5.41, 5.74) is 0.160. The highest BCUT2D eigenvalue weighted by Gasteiger charge is 2.36. The second kappa shape index (κ2) is 7.78. The molecule has 2 heterocycles. The second-order valence-corrected chi connectivity index (χ2v) is 8.06. The van der Waals surface area contributed by atoms with E-state index >= 15 is 0 Å². The summed E-state index contributed by atoms with van der Waals surface area (Å²) in [7, 11) is 0. The van der Waals surface area contributed by atoms with Crippen molar-refractivity contribution < 1.29 is 14.0 Å². The highest BCUT2D eigenvalue weighted by atomic mass is 16.4. The lowest BCUT2D eigenvalue weighted by molar-refractivity contribution is -0.137. The molecule has 1 aromatic heterocycles. The summed E-state index contributed by atoms with van der Waals surface area (Å²) in [6, 6.07) is 18.4. The van der Waals surface area contributed by atoms with Crippen LogP contribution in [0.15, 0.2) is 69.9 Å². The molecule has 3 aromatic rings. The SMILES string of the molecule is CC(C)(C(=O)N1CCN(C(=O)c2cc3ccccc3oc2=O)CC1)c1ccccc1. The molecular formula is C24H24N2O4. The van der Waals surface area contributed by atoms with E-state index in [4.69, 9.17) is 4.42 Å². The van der Waals surface area contributed by atoms with Crippen molar-refractivity contribution in [2.45, 2.75) is 19.3 Å². The largest absolute Gasteiger partial charge is 0.422 e. The van der Waals surface area contributed by atoms with Crippen molar-refractivity contribution in [3.8, 4) is 0 Å². The van der Waals surface area contributed by atoms with Crippen LogP contribution in [0.25, 0.3) is 11.0 Å². The van der Waals surface area contributed by atoms with E-state index in [1.54, 1.807) is 34.1 Å². The first-order valence-electron chi connectivity index (χ1n) is 10.0. The van der Waals surface area contributed by atoms with Gasteiger partial charge in [0.2, 0.25) is 5.91 Å². The fourth-order valence-corrected chi connectivity index (χ4v) is 3.87. The predicted molar refractivity (Wildman–Crippen MR) is 114 cm³/mol. The van der Waals surface area contributed by atoms with E-state index in [0.29, 0.717) is 37.1 Å². The van der Waals surface area contributed by atoms with Crippen LogP contribution in [0.2, 0.25) is 0 Å². The summed E-state index contributed by atoms with van der Waals surface area (Å²) >= 11 is 0. The average Bonchev–Trinajstić information content (AvgIpc) is 2.78. The van der Waals surface area contributed by atoms with Crippen molar-refractivity contribution in [1.82, 2.24) is 9.80 Å². The molecule has 2 amide bonds.